The van der Waals surface area contributed by atoms with E-state index in [1.807, 2.05) is 0 Å². The summed E-state index contributed by atoms with van der Waals surface area (Å²) in [5, 5.41) is 4.76. The van der Waals surface area contributed by atoms with Crippen LogP contribution in [-0.4, -0.2) is 17.8 Å². The summed E-state index contributed by atoms with van der Waals surface area (Å²) in [7, 11) is 0. The van der Waals surface area contributed by atoms with Crippen molar-refractivity contribution in [3.05, 3.63) is 33.8 Å². The molecule has 1 heterocycles. The smallest absolute Gasteiger partial charge is 0.277 e. The fourth-order valence-electron chi connectivity index (χ4n) is 2.10. The summed E-state index contributed by atoms with van der Waals surface area (Å²) >= 11 is 11.7. The molecule has 100 valence electrons. The zero-order valence-electron chi connectivity index (χ0n) is 9.92. The van der Waals surface area contributed by atoms with Crippen molar-refractivity contribution in [1.29, 1.82) is 0 Å². The van der Waals surface area contributed by atoms with E-state index in [-0.39, 0.29) is 11.4 Å². The molecular formula is C12H10Cl2N2O3. The Bertz CT molecular complexity index is 566. The molecule has 19 heavy (non-hydrogen) atoms. The molecule has 0 bridgehead atoms. The fourth-order valence-corrected chi connectivity index (χ4v) is 2.40. The van der Waals surface area contributed by atoms with Crippen LogP contribution in [0, 0.1) is 0 Å². The van der Waals surface area contributed by atoms with Crippen LogP contribution < -0.4 is 10.6 Å². The van der Waals surface area contributed by atoms with Crippen molar-refractivity contribution in [3.8, 4) is 0 Å². The Morgan fingerprint density at radius 2 is 1.63 bits per heavy atom. The van der Waals surface area contributed by atoms with E-state index < -0.39 is 23.3 Å². The standard InChI is InChI=1S/C12H10Cl2N2O3/c1-2-12(6-3-4-7(13)8(14)5-6)9(17)15-11(19)16-10(12)18/h3-5H,2H2,1H3,(H2,15,16,17,18,19). The average Bonchev–Trinajstić information content (AvgIpc) is 2.33. The third-order valence-electron chi connectivity index (χ3n) is 3.17. The topological polar surface area (TPSA) is 75.3 Å². The van der Waals surface area contributed by atoms with Gasteiger partial charge in [0.2, 0.25) is 11.8 Å². The Morgan fingerprint density at radius 1 is 1.05 bits per heavy atom. The van der Waals surface area contributed by atoms with Crippen molar-refractivity contribution in [2.75, 3.05) is 0 Å². The normalized spacial score (nSPS) is 17.9. The number of barbiturate groups is 1. The zero-order valence-corrected chi connectivity index (χ0v) is 11.4. The highest BCUT2D eigenvalue weighted by Gasteiger charge is 2.50. The van der Waals surface area contributed by atoms with Gasteiger partial charge in [-0.1, -0.05) is 36.2 Å². The lowest BCUT2D eigenvalue weighted by Crippen LogP contribution is -2.64. The van der Waals surface area contributed by atoms with Gasteiger partial charge in [-0.2, -0.15) is 0 Å². The number of nitrogens with one attached hydrogen (secondary N) is 2. The van der Waals surface area contributed by atoms with E-state index in [4.69, 9.17) is 23.2 Å². The van der Waals surface area contributed by atoms with Crippen LogP contribution in [0.2, 0.25) is 10.0 Å². The van der Waals surface area contributed by atoms with Gasteiger partial charge in [-0.15, -0.1) is 0 Å². The van der Waals surface area contributed by atoms with Gasteiger partial charge in [-0.25, -0.2) is 4.79 Å². The van der Waals surface area contributed by atoms with Gasteiger partial charge >= 0.3 is 6.03 Å². The number of carbonyl (C=O) groups is 3. The van der Waals surface area contributed by atoms with E-state index in [0.717, 1.165) is 0 Å². The third-order valence-corrected chi connectivity index (χ3v) is 3.91. The van der Waals surface area contributed by atoms with E-state index in [1.165, 1.54) is 12.1 Å². The molecule has 1 aromatic carbocycles. The van der Waals surface area contributed by atoms with Crippen LogP contribution in [0.1, 0.15) is 18.9 Å². The number of amides is 4. The summed E-state index contributed by atoms with van der Waals surface area (Å²) in [5.41, 5.74) is -1.07. The lowest BCUT2D eigenvalue weighted by molar-refractivity contribution is -0.138. The Hall–Kier alpha value is -1.59. The molecule has 1 aliphatic rings. The minimum atomic E-state index is -1.47. The first kappa shape index (κ1) is 13.8. The fraction of sp³-hybridized carbons (Fsp3) is 0.250. The second kappa shape index (κ2) is 4.83. The number of imide groups is 2. The summed E-state index contributed by atoms with van der Waals surface area (Å²) in [6.45, 7) is 1.68. The molecule has 0 unspecified atom stereocenters. The van der Waals surface area contributed by atoms with Crippen molar-refractivity contribution < 1.29 is 14.4 Å². The molecule has 0 atom stereocenters. The lowest BCUT2D eigenvalue weighted by Gasteiger charge is -2.33. The van der Waals surface area contributed by atoms with Crippen molar-refractivity contribution in [2.24, 2.45) is 0 Å². The Labute approximate surface area is 119 Å². The van der Waals surface area contributed by atoms with Gasteiger partial charge in [0.15, 0.2) is 5.41 Å². The van der Waals surface area contributed by atoms with Crippen LogP contribution in [0.3, 0.4) is 0 Å². The molecule has 4 amide bonds. The van der Waals surface area contributed by atoms with Crippen LogP contribution in [0.25, 0.3) is 0 Å². The molecule has 1 fully saturated rings. The molecule has 0 aliphatic carbocycles. The maximum Gasteiger partial charge on any atom is 0.328 e. The van der Waals surface area contributed by atoms with Gasteiger partial charge in [0.05, 0.1) is 10.0 Å². The zero-order chi connectivity index (χ0) is 14.2. The molecule has 0 aromatic heterocycles. The maximum atomic E-state index is 12.1. The summed E-state index contributed by atoms with van der Waals surface area (Å²) in [5.74, 6) is -1.33. The molecule has 0 radical (unpaired) electrons. The van der Waals surface area contributed by atoms with Gasteiger partial charge in [-0.05, 0) is 24.1 Å². The molecule has 0 spiro atoms. The number of carbonyl (C=O) groups excluding carboxylic acids is 3. The number of rotatable bonds is 2. The van der Waals surface area contributed by atoms with Crippen molar-refractivity contribution in [1.82, 2.24) is 10.6 Å². The Balaban J connectivity index is 2.58. The minimum Gasteiger partial charge on any atom is -0.277 e. The van der Waals surface area contributed by atoms with Crippen LogP contribution in [-0.2, 0) is 15.0 Å². The van der Waals surface area contributed by atoms with Crippen LogP contribution in [0.15, 0.2) is 18.2 Å². The first-order valence-electron chi connectivity index (χ1n) is 5.54. The summed E-state index contributed by atoms with van der Waals surface area (Å²) in [6.07, 6.45) is 0.190. The number of halogens is 2. The van der Waals surface area contributed by atoms with E-state index in [1.54, 1.807) is 13.0 Å². The molecule has 5 nitrogen and oxygen atoms in total. The average molecular weight is 301 g/mol. The second-order valence-electron chi connectivity index (χ2n) is 4.13. The van der Waals surface area contributed by atoms with Gasteiger partial charge in [-0.3, -0.25) is 20.2 Å². The number of hydrogen-bond acceptors (Lipinski definition) is 3. The number of urea groups is 1. The number of hydrogen-bond donors (Lipinski definition) is 2. The minimum absolute atomic E-state index is 0.190. The third kappa shape index (κ3) is 2.09. The van der Waals surface area contributed by atoms with E-state index in [9.17, 15) is 14.4 Å². The van der Waals surface area contributed by atoms with Gasteiger partial charge in [0, 0.05) is 0 Å². The molecule has 1 aromatic rings. The quantitative estimate of drug-likeness (QED) is 0.820. The SMILES string of the molecule is CCC1(c2ccc(Cl)c(Cl)c2)C(=O)NC(=O)NC1=O. The maximum absolute atomic E-state index is 12.1. The molecule has 1 saturated heterocycles. The summed E-state index contributed by atoms with van der Waals surface area (Å²) < 4.78 is 0. The predicted molar refractivity (Wildman–Crippen MR) is 70.1 cm³/mol. The molecule has 2 N–H and O–H groups in total. The number of benzene rings is 1. The summed E-state index contributed by atoms with van der Waals surface area (Å²) in [4.78, 5) is 35.3. The molecule has 0 saturated carbocycles. The second-order valence-corrected chi connectivity index (χ2v) is 4.94. The molecule has 7 heteroatoms. The van der Waals surface area contributed by atoms with Crippen LogP contribution in [0.4, 0.5) is 4.79 Å². The lowest BCUT2D eigenvalue weighted by atomic mass is 9.75. The monoisotopic (exact) mass is 300 g/mol. The van der Waals surface area contributed by atoms with E-state index >= 15 is 0 Å². The van der Waals surface area contributed by atoms with Gasteiger partial charge < -0.3 is 0 Å². The summed E-state index contributed by atoms with van der Waals surface area (Å²) in [6, 6.07) is 3.70. The van der Waals surface area contributed by atoms with Crippen molar-refractivity contribution in [2.45, 2.75) is 18.8 Å². The largest absolute Gasteiger partial charge is 0.328 e. The highest BCUT2D eigenvalue weighted by atomic mass is 35.5. The Kier molecular flexibility index (Phi) is 3.52. The van der Waals surface area contributed by atoms with Gasteiger partial charge in [0.25, 0.3) is 0 Å². The Morgan fingerprint density at radius 3 is 2.11 bits per heavy atom. The van der Waals surface area contributed by atoms with E-state index in [2.05, 4.69) is 10.6 Å². The van der Waals surface area contributed by atoms with Crippen LogP contribution in [0.5, 0.6) is 0 Å². The van der Waals surface area contributed by atoms with Crippen LogP contribution >= 0.6 is 23.2 Å². The highest BCUT2D eigenvalue weighted by Crippen LogP contribution is 2.34. The predicted octanol–water partition coefficient (Wildman–Crippen LogP) is 2.01. The van der Waals surface area contributed by atoms with Crippen molar-refractivity contribution >= 4 is 41.0 Å². The van der Waals surface area contributed by atoms with Gasteiger partial charge in [0.1, 0.15) is 0 Å². The van der Waals surface area contributed by atoms with Crippen molar-refractivity contribution in [3.63, 3.8) is 0 Å². The van der Waals surface area contributed by atoms with E-state index in [0.29, 0.717) is 10.6 Å². The highest BCUT2D eigenvalue weighted by molar-refractivity contribution is 6.42. The molecule has 2 rings (SSSR count). The first-order chi connectivity index (χ1) is 8.91. The molecular weight excluding hydrogens is 291 g/mol. The molecule has 1 aliphatic heterocycles. The first-order valence-corrected chi connectivity index (χ1v) is 6.29.